The molecule has 4 rings (SSSR count). The zero-order valence-corrected chi connectivity index (χ0v) is 19.7. The minimum Gasteiger partial charge on any atom is -0.487 e. The molecule has 2 aromatic carbocycles. The molecule has 2 heterocycles. The van der Waals surface area contributed by atoms with Crippen LogP contribution in [0.2, 0.25) is 0 Å². The maximum Gasteiger partial charge on any atom is 0.417 e. The number of hydrogen-bond acceptors (Lipinski definition) is 5. The first-order valence-electron chi connectivity index (χ1n) is 10.8. The molecule has 2 fully saturated rings. The van der Waals surface area contributed by atoms with Crippen LogP contribution in [0.4, 0.5) is 28.9 Å². The van der Waals surface area contributed by atoms with Crippen molar-refractivity contribution in [3.8, 4) is 11.8 Å². The van der Waals surface area contributed by atoms with Crippen LogP contribution in [0.5, 0.6) is 5.75 Å². The van der Waals surface area contributed by atoms with Gasteiger partial charge in [-0.15, -0.1) is 0 Å². The molecule has 35 heavy (non-hydrogen) atoms. The quantitative estimate of drug-likeness (QED) is 0.419. The molecule has 0 spiro atoms. The molecule has 0 aliphatic carbocycles. The van der Waals surface area contributed by atoms with E-state index in [9.17, 15) is 22.4 Å². The average Bonchev–Trinajstić information content (AvgIpc) is 2.98. The minimum atomic E-state index is -4.80. The number of anilines is 2. The van der Waals surface area contributed by atoms with Gasteiger partial charge in [0, 0.05) is 24.6 Å². The Morgan fingerprint density at radius 1 is 1.14 bits per heavy atom. The molecule has 2 aromatic rings. The number of nitriles is 1. The van der Waals surface area contributed by atoms with Crippen molar-refractivity contribution >= 4 is 34.6 Å². The largest absolute Gasteiger partial charge is 0.487 e. The Kier molecular flexibility index (Phi) is 6.46. The van der Waals surface area contributed by atoms with Crippen molar-refractivity contribution in [2.45, 2.75) is 44.5 Å². The summed E-state index contributed by atoms with van der Waals surface area (Å²) in [6, 6.07) is 8.60. The van der Waals surface area contributed by atoms with Gasteiger partial charge in [-0.2, -0.15) is 18.4 Å². The molecule has 0 unspecified atom stereocenters. The number of nitrogens with zero attached hydrogens (tertiary/aromatic N) is 3. The van der Waals surface area contributed by atoms with Crippen LogP contribution in [-0.2, 0) is 15.7 Å². The third-order valence-electron chi connectivity index (χ3n) is 5.99. The molecule has 2 aliphatic heterocycles. The topological polar surface area (TPSA) is 65.8 Å². The van der Waals surface area contributed by atoms with Gasteiger partial charge in [-0.05, 0) is 56.4 Å². The van der Waals surface area contributed by atoms with Gasteiger partial charge in [-0.25, -0.2) is 4.39 Å². The van der Waals surface area contributed by atoms with Gasteiger partial charge >= 0.3 is 6.18 Å². The summed E-state index contributed by atoms with van der Waals surface area (Å²) in [5, 5.41) is 8.94. The first-order chi connectivity index (χ1) is 16.4. The van der Waals surface area contributed by atoms with Crippen LogP contribution in [0.15, 0.2) is 36.4 Å². The van der Waals surface area contributed by atoms with Crippen molar-refractivity contribution in [1.29, 1.82) is 5.26 Å². The summed E-state index contributed by atoms with van der Waals surface area (Å²) in [6.45, 7) is 4.15. The Morgan fingerprint density at radius 3 is 2.40 bits per heavy atom. The van der Waals surface area contributed by atoms with E-state index in [-0.39, 0.29) is 28.3 Å². The summed E-state index contributed by atoms with van der Waals surface area (Å²) in [6.07, 6.45) is -3.70. The van der Waals surface area contributed by atoms with Gasteiger partial charge in [-0.3, -0.25) is 9.69 Å². The van der Waals surface area contributed by atoms with Gasteiger partial charge < -0.3 is 14.4 Å². The van der Waals surface area contributed by atoms with Gasteiger partial charge in [0.05, 0.1) is 36.1 Å². The van der Waals surface area contributed by atoms with E-state index in [1.165, 1.54) is 29.2 Å². The Labute approximate surface area is 204 Å². The van der Waals surface area contributed by atoms with E-state index < -0.39 is 34.6 Å². The van der Waals surface area contributed by atoms with Crippen LogP contribution >= 0.6 is 12.2 Å². The molecule has 1 amide bonds. The fraction of sp³-hybridized carbons (Fsp3) is 0.375. The third kappa shape index (κ3) is 4.56. The molecule has 0 saturated carbocycles. The van der Waals surface area contributed by atoms with Crippen LogP contribution < -0.4 is 14.5 Å². The van der Waals surface area contributed by atoms with Crippen LogP contribution in [0.25, 0.3) is 0 Å². The van der Waals surface area contributed by atoms with E-state index in [0.29, 0.717) is 32.1 Å². The van der Waals surface area contributed by atoms with E-state index in [1.54, 1.807) is 19.9 Å². The highest BCUT2D eigenvalue weighted by Gasteiger charge is 2.51. The Hall–Kier alpha value is -3.23. The Morgan fingerprint density at radius 2 is 1.80 bits per heavy atom. The molecular weight excluding hydrogens is 486 g/mol. The zero-order chi connectivity index (χ0) is 25.5. The number of rotatable bonds is 4. The number of carbonyl (C=O) groups is 1. The highest BCUT2D eigenvalue weighted by molar-refractivity contribution is 7.81. The summed E-state index contributed by atoms with van der Waals surface area (Å²) in [4.78, 5) is 15.6. The molecule has 0 bridgehead atoms. The Bertz CT molecular complexity index is 1220. The maximum atomic E-state index is 14.9. The van der Waals surface area contributed by atoms with Gasteiger partial charge in [0.2, 0.25) is 0 Å². The first-order valence-corrected chi connectivity index (χ1v) is 11.2. The monoisotopic (exact) mass is 507 g/mol. The lowest BCUT2D eigenvalue weighted by Crippen LogP contribution is -2.44. The molecule has 0 radical (unpaired) electrons. The summed E-state index contributed by atoms with van der Waals surface area (Å²) in [5.41, 5.74) is -2.96. The lowest BCUT2D eigenvalue weighted by Gasteiger charge is -2.30. The summed E-state index contributed by atoms with van der Waals surface area (Å²) >= 11 is 5.47. The number of amides is 1. The number of carbonyl (C=O) groups excluding carboxylic acids is 1. The summed E-state index contributed by atoms with van der Waals surface area (Å²) in [5.74, 6) is -1.20. The normalized spacial score (nSPS) is 18.7. The number of thiocarbonyl (C=S) groups is 1. The summed E-state index contributed by atoms with van der Waals surface area (Å²) in [7, 11) is 0. The molecule has 0 atom stereocenters. The van der Waals surface area contributed by atoms with Gasteiger partial charge in [0.25, 0.3) is 5.91 Å². The molecule has 0 aromatic heterocycles. The fourth-order valence-electron chi connectivity index (χ4n) is 4.16. The molecule has 2 aliphatic rings. The van der Waals surface area contributed by atoms with Gasteiger partial charge in [0.1, 0.15) is 11.6 Å². The van der Waals surface area contributed by atoms with Crippen molar-refractivity contribution in [1.82, 2.24) is 0 Å². The molecule has 2 saturated heterocycles. The number of benzene rings is 2. The van der Waals surface area contributed by atoms with Crippen molar-refractivity contribution in [3.05, 3.63) is 53.3 Å². The van der Waals surface area contributed by atoms with E-state index in [4.69, 9.17) is 27.0 Å². The number of alkyl halides is 3. The third-order valence-corrected chi connectivity index (χ3v) is 6.36. The van der Waals surface area contributed by atoms with E-state index in [0.717, 1.165) is 11.0 Å². The predicted octanol–water partition coefficient (Wildman–Crippen LogP) is 5.19. The van der Waals surface area contributed by atoms with Crippen molar-refractivity contribution in [2.75, 3.05) is 23.0 Å². The van der Waals surface area contributed by atoms with E-state index >= 15 is 0 Å². The number of hydrogen-bond donors (Lipinski definition) is 0. The average molecular weight is 508 g/mol. The fourth-order valence-corrected chi connectivity index (χ4v) is 4.68. The SMILES string of the molecule is CC1(C)C(=O)N(c2ccc(C#N)c(C(F)(F)F)c2)C(=S)N1c1ccc(OC2CCOCC2)c(F)c1. The van der Waals surface area contributed by atoms with Crippen LogP contribution in [0.3, 0.4) is 0 Å². The first kappa shape index (κ1) is 24.9. The molecule has 0 N–H and O–H groups in total. The lowest BCUT2D eigenvalue weighted by molar-refractivity contribution is -0.137. The van der Waals surface area contributed by atoms with E-state index in [2.05, 4.69) is 0 Å². The second-order valence-electron chi connectivity index (χ2n) is 8.70. The van der Waals surface area contributed by atoms with Gasteiger partial charge in [0.15, 0.2) is 16.7 Å². The minimum absolute atomic E-state index is 0.0497. The van der Waals surface area contributed by atoms with Crippen LogP contribution in [0, 0.1) is 17.1 Å². The zero-order valence-electron chi connectivity index (χ0n) is 18.9. The standard InChI is InChI=1S/C24H21F4N3O3S/c1-23(2)21(32)30(15-4-3-14(13-29)18(11-15)24(26,27)28)22(35)31(23)16-5-6-20(19(25)12-16)34-17-7-9-33-10-8-17/h3-6,11-12,17H,7-10H2,1-2H3. The smallest absolute Gasteiger partial charge is 0.417 e. The predicted molar refractivity (Wildman–Crippen MR) is 124 cm³/mol. The molecule has 184 valence electrons. The molecular formula is C24H21F4N3O3S. The van der Waals surface area contributed by atoms with Crippen molar-refractivity contribution in [3.63, 3.8) is 0 Å². The van der Waals surface area contributed by atoms with Crippen LogP contribution in [-0.4, -0.2) is 35.9 Å². The molecule has 11 heteroatoms. The maximum absolute atomic E-state index is 14.9. The highest BCUT2D eigenvalue weighted by atomic mass is 32.1. The second kappa shape index (κ2) is 9.09. The second-order valence-corrected chi connectivity index (χ2v) is 9.07. The number of halogens is 4. The number of ether oxygens (including phenoxy) is 2. The highest BCUT2D eigenvalue weighted by Crippen LogP contribution is 2.40. The molecule has 6 nitrogen and oxygen atoms in total. The lowest BCUT2D eigenvalue weighted by atomic mass is 10.0. The van der Waals surface area contributed by atoms with Crippen LogP contribution in [0.1, 0.15) is 37.8 Å². The summed E-state index contributed by atoms with van der Waals surface area (Å²) < 4.78 is 66.4. The van der Waals surface area contributed by atoms with E-state index in [1.807, 2.05) is 0 Å². The van der Waals surface area contributed by atoms with Crippen molar-refractivity contribution in [2.24, 2.45) is 0 Å². The Balaban J connectivity index is 1.67. The van der Waals surface area contributed by atoms with Gasteiger partial charge in [-0.1, -0.05) is 0 Å². The van der Waals surface area contributed by atoms with Crippen molar-refractivity contribution < 1.29 is 31.8 Å².